The summed E-state index contributed by atoms with van der Waals surface area (Å²) in [5, 5.41) is 0. The van der Waals surface area contributed by atoms with Crippen molar-refractivity contribution >= 4 is 5.91 Å². The SMILES string of the molecule is COc1ncc(C(=O)N2C[C@@H](c3ccccc3)CC2(C)C)cn1. The number of nitrogens with zero attached hydrogens (tertiary/aromatic N) is 3. The van der Waals surface area contributed by atoms with Crippen LogP contribution in [0.1, 0.15) is 42.1 Å². The summed E-state index contributed by atoms with van der Waals surface area (Å²) < 4.78 is 4.94. The van der Waals surface area contributed by atoms with Gasteiger partial charge in [-0.05, 0) is 25.8 Å². The first kappa shape index (κ1) is 15.5. The largest absolute Gasteiger partial charge is 0.467 e. The minimum absolute atomic E-state index is 0.0314. The van der Waals surface area contributed by atoms with Gasteiger partial charge in [-0.3, -0.25) is 4.79 Å². The number of hydrogen-bond donors (Lipinski definition) is 0. The number of hydrogen-bond acceptors (Lipinski definition) is 4. The Kier molecular flexibility index (Phi) is 4.03. The van der Waals surface area contributed by atoms with Gasteiger partial charge in [0.15, 0.2) is 0 Å². The molecule has 120 valence electrons. The van der Waals surface area contributed by atoms with Crippen LogP contribution in [0.3, 0.4) is 0 Å². The van der Waals surface area contributed by atoms with Crippen molar-refractivity contribution in [3.05, 3.63) is 53.9 Å². The van der Waals surface area contributed by atoms with Crippen LogP contribution in [0.15, 0.2) is 42.7 Å². The number of carbonyl (C=O) groups excluding carboxylic acids is 1. The van der Waals surface area contributed by atoms with Crippen LogP contribution in [0.4, 0.5) is 0 Å². The summed E-state index contributed by atoms with van der Waals surface area (Å²) in [6, 6.07) is 10.6. The summed E-state index contributed by atoms with van der Waals surface area (Å²) in [4.78, 5) is 22.8. The van der Waals surface area contributed by atoms with Gasteiger partial charge >= 0.3 is 6.01 Å². The molecule has 1 saturated heterocycles. The summed E-state index contributed by atoms with van der Waals surface area (Å²) in [7, 11) is 1.50. The van der Waals surface area contributed by atoms with Gasteiger partial charge in [-0.25, -0.2) is 9.97 Å². The molecule has 1 fully saturated rings. The normalized spacial score (nSPS) is 19.6. The average Bonchev–Trinajstić information content (AvgIpc) is 2.90. The number of rotatable bonds is 3. The lowest BCUT2D eigenvalue weighted by Crippen LogP contribution is -2.42. The third-order valence-corrected chi connectivity index (χ3v) is 4.45. The topological polar surface area (TPSA) is 55.3 Å². The second-order valence-electron chi connectivity index (χ2n) is 6.50. The van der Waals surface area contributed by atoms with E-state index in [1.807, 2.05) is 23.1 Å². The molecule has 23 heavy (non-hydrogen) atoms. The Balaban J connectivity index is 1.82. The number of methoxy groups -OCH3 is 1. The maximum absolute atomic E-state index is 12.8. The van der Waals surface area contributed by atoms with E-state index in [4.69, 9.17) is 4.74 Å². The Bertz CT molecular complexity index is 683. The highest BCUT2D eigenvalue weighted by atomic mass is 16.5. The molecule has 5 heteroatoms. The summed E-state index contributed by atoms with van der Waals surface area (Å²) in [5.41, 5.74) is 1.58. The molecule has 5 nitrogen and oxygen atoms in total. The molecule has 1 aliphatic rings. The Labute approximate surface area is 136 Å². The fourth-order valence-electron chi connectivity index (χ4n) is 3.24. The highest BCUT2D eigenvalue weighted by molar-refractivity contribution is 5.94. The van der Waals surface area contributed by atoms with Gasteiger partial charge in [0, 0.05) is 30.4 Å². The number of ether oxygens (including phenoxy) is 1. The maximum Gasteiger partial charge on any atom is 0.316 e. The molecule has 0 radical (unpaired) electrons. The van der Waals surface area contributed by atoms with E-state index in [0.29, 0.717) is 18.0 Å². The summed E-state index contributed by atoms with van der Waals surface area (Å²) in [6.45, 7) is 4.93. The first-order valence-electron chi connectivity index (χ1n) is 7.74. The Hall–Kier alpha value is -2.43. The quantitative estimate of drug-likeness (QED) is 0.874. The molecule has 3 rings (SSSR count). The number of likely N-dealkylation sites (tertiary alicyclic amines) is 1. The molecule has 0 aliphatic carbocycles. The van der Waals surface area contributed by atoms with Crippen molar-refractivity contribution in [2.45, 2.75) is 31.7 Å². The van der Waals surface area contributed by atoms with E-state index in [2.05, 4.69) is 35.9 Å². The van der Waals surface area contributed by atoms with Gasteiger partial charge in [0.1, 0.15) is 0 Å². The van der Waals surface area contributed by atoms with Gasteiger partial charge < -0.3 is 9.64 Å². The van der Waals surface area contributed by atoms with E-state index < -0.39 is 0 Å². The van der Waals surface area contributed by atoms with Crippen molar-refractivity contribution < 1.29 is 9.53 Å². The van der Waals surface area contributed by atoms with Crippen LogP contribution in [0.25, 0.3) is 0 Å². The van der Waals surface area contributed by atoms with E-state index in [1.54, 1.807) is 0 Å². The second-order valence-corrected chi connectivity index (χ2v) is 6.50. The van der Waals surface area contributed by atoms with Crippen LogP contribution < -0.4 is 4.74 Å². The van der Waals surface area contributed by atoms with E-state index >= 15 is 0 Å². The highest BCUT2D eigenvalue weighted by Crippen LogP contribution is 2.39. The van der Waals surface area contributed by atoms with Crippen molar-refractivity contribution in [1.82, 2.24) is 14.9 Å². The molecule has 1 aromatic carbocycles. The van der Waals surface area contributed by atoms with Crippen LogP contribution in [0.2, 0.25) is 0 Å². The van der Waals surface area contributed by atoms with Crippen molar-refractivity contribution in [2.24, 2.45) is 0 Å². The molecule has 1 amide bonds. The molecule has 2 aromatic rings. The predicted octanol–water partition coefficient (Wildman–Crippen LogP) is 2.89. The smallest absolute Gasteiger partial charge is 0.316 e. The molecular formula is C18H21N3O2. The maximum atomic E-state index is 12.8. The van der Waals surface area contributed by atoms with E-state index in [9.17, 15) is 4.79 Å². The van der Waals surface area contributed by atoms with Crippen molar-refractivity contribution in [1.29, 1.82) is 0 Å². The van der Waals surface area contributed by atoms with Gasteiger partial charge in [0.25, 0.3) is 5.91 Å². The third kappa shape index (κ3) is 3.04. The van der Waals surface area contributed by atoms with Gasteiger partial charge in [-0.1, -0.05) is 30.3 Å². The molecule has 1 aromatic heterocycles. The van der Waals surface area contributed by atoms with Crippen LogP contribution in [0.5, 0.6) is 6.01 Å². The lowest BCUT2D eigenvalue weighted by molar-refractivity contribution is 0.0650. The molecule has 0 saturated carbocycles. The van der Waals surface area contributed by atoms with Crippen LogP contribution in [-0.4, -0.2) is 40.0 Å². The van der Waals surface area contributed by atoms with Crippen molar-refractivity contribution in [3.63, 3.8) is 0 Å². The van der Waals surface area contributed by atoms with E-state index in [-0.39, 0.29) is 17.5 Å². The molecular weight excluding hydrogens is 290 g/mol. The Morgan fingerprint density at radius 1 is 1.22 bits per heavy atom. The first-order valence-corrected chi connectivity index (χ1v) is 7.74. The number of carbonyl (C=O) groups is 1. The lowest BCUT2D eigenvalue weighted by Gasteiger charge is -2.31. The summed E-state index contributed by atoms with van der Waals surface area (Å²) >= 11 is 0. The highest BCUT2D eigenvalue weighted by Gasteiger charge is 2.41. The number of amides is 1. The molecule has 0 spiro atoms. The molecule has 2 heterocycles. The summed E-state index contributed by atoms with van der Waals surface area (Å²) in [6.07, 6.45) is 4.00. The Morgan fingerprint density at radius 2 is 1.87 bits per heavy atom. The van der Waals surface area contributed by atoms with Gasteiger partial charge in [-0.15, -0.1) is 0 Å². The Morgan fingerprint density at radius 3 is 2.48 bits per heavy atom. The fourth-order valence-corrected chi connectivity index (χ4v) is 3.24. The van der Waals surface area contributed by atoms with Crippen molar-refractivity contribution in [2.75, 3.05) is 13.7 Å². The molecule has 0 unspecified atom stereocenters. The van der Waals surface area contributed by atoms with Crippen molar-refractivity contribution in [3.8, 4) is 6.01 Å². The van der Waals surface area contributed by atoms with E-state index in [1.165, 1.54) is 25.1 Å². The number of aromatic nitrogens is 2. The molecule has 0 N–H and O–H groups in total. The van der Waals surface area contributed by atoms with Gasteiger partial charge in [0.2, 0.25) is 0 Å². The number of benzene rings is 1. The monoisotopic (exact) mass is 311 g/mol. The zero-order chi connectivity index (χ0) is 16.4. The molecule has 1 aliphatic heterocycles. The zero-order valence-corrected chi connectivity index (χ0v) is 13.7. The standard InChI is InChI=1S/C18H21N3O2/c1-18(2)9-14(13-7-5-4-6-8-13)12-21(18)16(22)15-10-19-17(23-3)20-11-15/h4-8,10-11,14H,9,12H2,1-3H3/t14-/m0/s1. The minimum Gasteiger partial charge on any atom is -0.467 e. The molecule has 1 atom stereocenters. The minimum atomic E-state index is -0.197. The fraction of sp³-hybridized carbons (Fsp3) is 0.389. The summed E-state index contributed by atoms with van der Waals surface area (Å²) in [5.74, 6) is 0.324. The lowest BCUT2D eigenvalue weighted by atomic mass is 9.91. The van der Waals surface area contributed by atoms with Crippen LogP contribution in [0, 0.1) is 0 Å². The zero-order valence-electron chi connectivity index (χ0n) is 13.7. The van der Waals surface area contributed by atoms with Gasteiger partial charge in [0.05, 0.1) is 12.7 Å². The average molecular weight is 311 g/mol. The van der Waals surface area contributed by atoms with Gasteiger partial charge in [-0.2, -0.15) is 0 Å². The third-order valence-electron chi connectivity index (χ3n) is 4.45. The van der Waals surface area contributed by atoms with Crippen LogP contribution >= 0.6 is 0 Å². The van der Waals surface area contributed by atoms with Crippen LogP contribution in [-0.2, 0) is 0 Å². The second kappa shape index (κ2) is 5.99. The molecule has 0 bridgehead atoms. The van der Waals surface area contributed by atoms with E-state index in [0.717, 1.165) is 6.42 Å². The predicted molar refractivity (Wildman–Crippen MR) is 87.5 cm³/mol. The first-order chi connectivity index (χ1) is 11.0.